The Balaban J connectivity index is 1.83. The molecule has 0 unspecified atom stereocenters. The van der Waals surface area contributed by atoms with E-state index in [1.54, 1.807) is 25.1 Å². The number of sulfone groups is 1. The lowest BCUT2D eigenvalue weighted by molar-refractivity contribution is -0.135. The number of methoxy groups -OCH3 is 1. The summed E-state index contributed by atoms with van der Waals surface area (Å²) in [5.74, 6) is -0.329. The number of pyridine rings is 1. The molecule has 2 heterocycles. The molecule has 202 valence electrons. The molecule has 0 radical (unpaired) electrons. The van der Waals surface area contributed by atoms with Crippen molar-refractivity contribution in [2.45, 2.75) is 50.2 Å². The van der Waals surface area contributed by atoms with Crippen LogP contribution < -0.4 is 10.1 Å². The van der Waals surface area contributed by atoms with Gasteiger partial charge < -0.3 is 10.1 Å². The molecule has 3 rings (SSSR count). The Morgan fingerprint density at radius 3 is 2.41 bits per heavy atom. The number of carbonyl (C=O) groups excluding carboxylic acids is 1. The lowest BCUT2D eigenvalue weighted by atomic mass is 9.93. The average Bonchev–Trinajstić information content (AvgIpc) is 2.82. The molecule has 0 spiro atoms. The first-order valence-corrected chi connectivity index (χ1v) is 15.1. The zero-order chi connectivity index (χ0) is 27.6. The van der Waals surface area contributed by atoms with Crippen molar-refractivity contribution in [1.29, 1.82) is 0 Å². The highest BCUT2D eigenvalue weighted by Crippen LogP contribution is 2.36. The molecule has 12 heteroatoms. The van der Waals surface area contributed by atoms with Crippen molar-refractivity contribution in [1.82, 2.24) is 14.6 Å². The van der Waals surface area contributed by atoms with Crippen molar-refractivity contribution in [3.8, 4) is 16.9 Å². The Hall–Kier alpha value is -2.83. The number of benzene rings is 1. The Bertz CT molecular complexity index is 1420. The van der Waals surface area contributed by atoms with Crippen LogP contribution in [-0.2, 0) is 24.7 Å². The quantitative estimate of drug-likeness (QED) is 0.533. The summed E-state index contributed by atoms with van der Waals surface area (Å²) in [6, 6.07) is 6.36. The number of hydrogen-bond acceptors (Lipinski definition) is 7. The van der Waals surface area contributed by atoms with E-state index in [-0.39, 0.29) is 30.8 Å². The summed E-state index contributed by atoms with van der Waals surface area (Å²) in [6.45, 7) is 4.74. The number of aromatic nitrogens is 1. The first kappa shape index (κ1) is 28.7. The Morgan fingerprint density at radius 1 is 1.16 bits per heavy atom. The molecular weight excluding hydrogens is 521 g/mol. The maximum atomic E-state index is 15.5. The number of sulfonamides is 1. The van der Waals surface area contributed by atoms with Gasteiger partial charge in [0.05, 0.1) is 7.11 Å². The van der Waals surface area contributed by atoms with Gasteiger partial charge in [0, 0.05) is 61.1 Å². The molecule has 1 saturated heterocycles. The largest absolute Gasteiger partial charge is 0.497 e. The predicted octanol–water partition coefficient (Wildman–Crippen LogP) is 2.93. The van der Waals surface area contributed by atoms with Gasteiger partial charge in [0.2, 0.25) is 10.0 Å². The van der Waals surface area contributed by atoms with Crippen molar-refractivity contribution in [2.75, 3.05) is 26.5 Å². The number of piperidine rings is 1. The van der Waals surface area contributed by atoms with E-state index in [0.717, 1.165) is 21.5 Å². The van der Waals surface area contributed by atoms with E-state index >= 15 is 4.39 Å². The van der Waals surface area contributed by atoms with E-state index in [0.29, 0.717) is 22.6 Å². The first-order valence-electron chi connectivity index (χ1n) is 11.7. The van der Waals surface area contributed by atoms with Crippen LogP contribution in [0.3, 0.4) is 0 Å². The van der Waals surface area contributed by atoms with E-state index in [2.05, 4.69) is 10.3 Å². The maximum absolute atomic E-state index is 15.5. The number of nitrogens with zero attached hydrogens (tertiary/aromatic N) is 2. The van der Waals surface area contributed by atoms with Crippen LogP contribution >= 0.6 is 0 Å². The highest BCUT2D eigenvalue weighted by molar-refractivity contribution is 7.93. The van der Waals surface area contributed by atoms with Crippen molar-refractivity contribution in [2.24, 2.45) is 0 Å². The first-order chi connectivity index (χ1) is 17.2. The summed E-state index contributed by atoms with van der Waals surface area (Å²) in [6.07, 6.45) is 2.89. The number of hydrogen-bond donors (Lipinski definition) is 1. The van der Waals surface area contributed by atoms with Crippen LogP contribution in [0.5, 0.6) is 5.75 Å². The van der Waals surface area contributed by atoms with Gasteiger partial charge in [-0.2, -0.15) is 4.31 Å². The maximum Gasteiger partial charge on any atom is 0.258 e. The Labute approximate surface area is 217 Å². The second kappa shape index (κ2) is 10.9. The normalized spacial score (nSPS) is 17.5. The molecule has 37 heavy (non-hydrogen) atoms. The minimum Gasteiger partial charge on any atom is -0.497 e. The fraction of sp³-hybridized carbons (Fsp3) is 0.440. The molecular formula is C25H32FN3O6S2. The van der Waals surface area contributed by atoms with E-state index in [1.165, 1.54) is 26.3 Å². The smallest absolute Gasteiger partial charge is 0.258 e. The molecule has 1 aliphatic rings. The van der Waals surface area contributed by atoms with E-state index in [1.807, 2.05) is 13.0 Å². The standard InChI is InChI=1S/C25H32FN3O6S2/c1-17-6-7-20(35-4)15-21(17)22-14-19(3)27-16-23(22)37(33,34)29-11-9-25(26,10-12-29)24(30)28-18(2)8-13-36(5,31)32/h6-8,13-16,18H,9-12H2,1-5H3,(H,28,30)/b13-8-/t18-/m0/s1. The van der Waals surface area contributed by atoms with Crippen LogP contribution in [0.25, 0.3) is 11.1 Å². The third-order valence-corrected chi connectivity index (χ3v) is 8.83. The number of rotatable bonds is 8. The third kappa shape index (κ3) is 6.74. The molecule has 1 atom stereocenters. The van der Waals surface area contributed by atoms with Crippen LogP contribution in [0.1, 0.15) is 31.0 Å². The Morgan fingerprint density at radius 2 is 1.81 bits per heavy atom. The van der Waals surface area contributed by atoms with Crippen LogP contribution in [0, 0.1) is 13.8 Å². The van der Waals surface area contributed by atoms with Crippen LogP contribution in [-0.4, -0.2) is 70.2 Å². The van der Waals surface area contributed by atoms with Crippen LogP contribution in [0.4, 0.5) is 4.39 Å². The molecule has 1 aliphatic heterocycles. The van der Waals surface area contributed by atoms with E-state index in [4.69, 9.17) is 4.74 Å². The van der Waals surface area contributed by atoms with Gasteiger partial charge in [-0.15, -0.1) is 0 Å². The second-order valence-corrected chi connectivity index (χ2v) is 13.1. The lowest BCUT2D eigenvalue weighted by Gasteiger charge is -2.35. The summed E-state index contributed by atoms with van der Waals surface area (Å²) in [5, 5.41) is 3.39. The fourth-order valence-electron chi connectivity index (χ4n) is 4.07. The fourth-order valence-corrected chi connectivity index (χ4v) is 6.17. The van der Waals surface area contributed by atoms with Crippen molar-refractivity contribution in [3.63, 3.8) is 0 Å². The second-order valence-electron chi connectivity index (χ2n) is 9.29. The number of carbonyl (C=O) groups is 1. The summed E-state index contributed by atoms with van der Waals surface area (Å²) >= 11 is 0. The zero-order valence-electron chi connectivity index (χ0n) is 21.5. The summed E-state index contributed by atoms with van der Waals surface area (Å²) in [5.41, 5.74) is 0.339. The van der Waals surface area contributed by atoms with Crippen molar-refractivity contribution < 1.29 is 30.8 Å². The van der Waals surface area contributed by atoms with Gasteiger partial charge in [-0.25, -0.2) is 21.2 Å². The van der Waals surface area contributed by atoms with Gasteiger partial charge in [-0.05, 0) is 50.1 Å². The number of ether oxygens (including phenoxy) is 1. The van der Waals surface area contributed by atoms with E-state index < -0.39 is 37.5 Å². The van der Waals surface area contributed by atoms with E-state index in [9.17, 15) is 21.6 Å². The van der Waals surface area contributed by atoms with Crippen molar-refractivity contribution >= 4 is 25.8 Å². The molecule has 2 aromatic rings. The highest BCUT2D eigenvalue weighted by Gasteiger charge is 2.45. The van der Waals surface area contributed by atoms with Crippen LogP contribution in [0.2, 0.25) is 0 Å². The summed E-state index contributed by atoms with van der Waals surface area (Å²) in [7, 11) is -5.93. The Kier molecular flexibility index (Phi) is 8.45. The highest BCUT2D eigenvalue weighted by atomic mass is 32.2. The summed E-state index contributed by atoms with van der Waals surface area (Å²) in [4.78, 5) is 16.8. The number of aryl methyl sites for hydroxylation is 2. The molecule has 0 saturated carbocycles. The monoisotopic (exact) mass is 553 g/mol. The zero-order valence-corrected chi connectivity index (χ0v) is 23.1. The molecule has 1 fully saturated rings. The molecule has 0 bridgehead atoms. The number of halogens is 1. The molecule has 1 amide bonds. The minimum atomic E-state index is -4.06. The van der Waals surface area contributed by atoms with Gasteiger partial charge in [-0.1, -0.05) is 12.1 Å². The van der Waals surface area contributed by atoms with Gasteiger partial charge in [0.15, 0.2) is 15.5 Å². The van der Waals surface area contributed by atoms with Gasteiger partial charge in [0.25, 0.3) is 5.91 Å². The number of amides is 1. The third-order valence-electron chi connectivity index (χ3n) is 6.25. The molecule has 9 nitrogen and oxygen atoms in total. The minimum absolute atomic E-state index is 0.00945. The van der Waals surface area contributed by atoms with Gasteiger partial charge in [-0.3, -0.25) is 9.78 Å². The summed E-state index contributed by atoms with van der Waals surface area (Å²) < 4.78 is 71.8. The van der Waals surface area contributed by atoms with Crippen molar-refractivity contribution in [3.05, 3.63) is 53.2 Å². The average molecular weight is 554 g/mol. The predicted molar refractivity (Wildman–Crippen MR) is 139 cm³/mol. The lowest BCUT2D eigenvalue weighted by Crippen LogP contribution is -2.53. The SMILES string of the molecule is COc1ccc(C)c(-c2cc(C)ncc2S(=O)(=O)N2CCC(F)(C(=O)N[C@@H](C)/C=C\S(C)(=O)=O)CC2)c1. The van der Waals surface area contributed by atoms with Crippen LogP contribution in [0.15, 0.2) is 46.8 Å². The molecule has 1 N–H and O–H groups in total. The molecule has 1 aromatic heterocycles. The topological polar surface area (TPSA) is 123 Å². The number of nitrogens with one attached hydrogen (secondary N) is 1. The molecule has 0 aliphatic carbocycles. The number of alkyl halides is 1. The van der Waals surface area contributed by atoms with Gasteiger partial charge in [0.1, 0.15) is 10.6 Å². The molecule has 1 aromatic carbocycles. The van der Waals surface area contributed by atoms with Gasteiger partial charge >= 0.3 is 0 Å².